The molecule has 0 bridgehead atoms. The van der Waals surface area contributed by atoms with Gasteiger partial charge in [0.15, 0.2) is 5.82 Å². The Morgan fingerprint density at radius 1 is 1.11 bits per heavy atom. The molecule has 0 spiro atoms. The lowest BCUT2D eigenvalue weighted by Crippen LogP contribution is -2.46. The molecule has 3 N–H and O–H groups in total. The van der Waals surface area contributed by atoms with Gasteiger partial charge in [0.1, 0.15) is 17.2 Å². The standard InChI is InChI=1S/C28H31F2N5O3/c1-16(32-22-6-4-17-8-20(29)10-24(30)23(17)11-22)26(36)34-25-12-35(15-31-25)28(2,3)27(37)33-21-7-5-18-13-38-14-19(18)9-21/h5,7-10,12,15-16,22,32H,4,6,11,13-14H2,1-3H3,(H,33,37)(H,34,36). The zero-order valence-electron chi connectivity index (χ0n) is 21.6. The molecule has 0 saturated heterocycles. The van der Waals surface area contributed by atoms with Gasteiger partial charge in [0.25, 0.3) is 0 Å². The molecule has 2 atom stereocenters. The summed E-state index contributed by atoms with van der Waals surface area (Å²) in [5.41, 5.74) is 3.07. The molecule has 2 aliphatic rings. The largest absolute Gasteiger partial charge is 0.372 e. The summed E-state index contributed by atoms with van der Waals surface area (Å²) in [5, 5.41) is 8.97. The van der Waals surface area contributed by atoms with Crippen molar-refractivity contribution in [1.82, 2.24) is 14.9 Å². The van der Waals surface area contributed by atoms with E-state index in [0.717, 1.165) is 17.2 Å². The smallest absolute Gasteiger partial charge is 0.250 e. The van der Waals surface area contributed by atoms with Crippen LogP contribution in [0.2, 0.25) is 0 Å². The van der Waals surface area contributed by atoms with Crippen LogP contribution in [0.25, 0.3) is 0 Å². The molecular formula is C28H31F2N5O3. The molecule has 1 aliphatic heterocycles. The van der Waals surface area contributed by atoms with Gasteiger partial charge >= 0.3 is 0 Å². The summed E-state index contributed by atoms with van der Waals surface area (Å²) in [6, 6.07) is 7.31. The first kappa shape index (κ1) is 26.0. The van der Waals surface area contributed by atoms with Gasteiger partial charge in [-0.05, 0) is 80.5 Å². The number of nitrogens with zero attached hydrogens (tertiary/aromatic N) is 2. The molecule has 200 valence electrons. The monoisotopic (exact) mass is 523 g/mol. The van der Waals surface area contributed by atoms with Gasteiger partial charge in [-0.1, -0.05) is 6.07 Å². The number of hydrogen-bond donors (Lipinski definition) is 3. The summed E-state index contributed by atoms with van der Waals surface area (Å²) in [4.78, 5) is 30.2. The first-order valence-corrected chi connectivity index (χ1v) is 12.7. The van der Waals surface area contributed by atoms with Gasteiger partial charge in [0, 0.05) is 24.0 Å². The normalized spacial score (nSPS) is 17.4. The number of aryl methyl sites for hydroxylation is 1. The summed E-state index contributed by atoms with van der Waals surface area (Å²) in [7, 11) is 0. The average molecular weight is 524 g/mol. The number of benzene rings is 2. The first-order valence-electron chi connectivity index (χ1n) is 12.7. The predicted molar refractivity (Wildman–Crippen MR) is 139 cm³/mol. The van der Waals surface area contributed by atoms with Crippen LogP contribution in [0.15, 0.2) is 42.9 Å². The molecule has 2 aromatic carbocycles. The fourth-order valence-electron chi connectivity index (χ4n) is 4.94. The molecule has 0 fully saturated rings. The maximum absolute atomic E-state index is 14.2. The number of hydrogen-bond acceptors (Lipinski definition) is 5. The van der Waals surface area contributed by atoms with Crippen molar-refractivity contribution in [2.24, 2.45) is 0 Å². The molecule has 10 heteroatoms. The third kappa shape index (κ3) is 5.32. The minimum Gasteiger partial charge on any atom is -0.372 e. The summed E-state index contributed by atoms with van der Waals surface area (Å²) < 4.78 is 34.8. The minimum absolute atomic E-state index is 0.117. The van der Waals surface area contributed by atoms with Crippen LogP contribution in [0.1, 0.15) is 49.4 Å². The first-order chi connectivity index (χ1) is 18.1. The van der Waals surface area contributed by atoms with Crippen molar-refractivity contribution in [1.29, 1.82) is 0 Å². The van der Waals surface area contributed by atoms with Gasteiger partial charge in [-0.3, -0.25) is 9.59 Å². The number of halogens is 2. The Balaban J connectivity index is 1.18. The zero-order chi connectivity index (χ0) is 27.0. The Hall–Kier alpha value is -3.63. The van der Waals surface area contributed by atoms with Gasteiger partial charge in [-0.15, -0.1) is 0 Å². The summed E-state index contributed by atoms with van der Waals surface area (Å²) >= 11 is 0. The minimum atomic E-state index is -0.978. The number of anilines is 2. The summed E-state index contributed by atoms with van der Waals surface area (Å²) in [5.74, 6) is -1.34. The Kier molecular flexibility index (Phi) is 7.02. The lowest BCUT2D eigenvalue weighted by atomic mass is 9.87. The van der Waals surface area contributed by atoms with Gasteiger partial charge in [-0.2, -0.15) is 0 Å². The predicted octanol–water partition coefficient (Wildman–Crippen LogP) is 4.04. The highest BCUT2D eigenvalue weighted by Crippen LogP contribution is 2.27. The molecule has 1 aliphatic carbocycles. The molecule has 0 radical (unpaired) electrons. The van der Waals surface area contributed by atoms with E-state index in [1.54, 1.807) is 31.5 Å². The van der Waals surface area contributed by atoms with E-state index in [1.165, 1.54) is 12.4 Å². The summed E-state index contributed by atoms with van der Waals surface area (Å²) in [6.45, 7) is 6.37. The van der Waals surface area contributed by atoms with Crippen molar-refractivity contribution < 1.29 is 23.1 Å². The maximum atomic E-state index is 14.2. The molecule has 2 unspecified atom stereocenters. The average Bonchev–Trinajstić information content (AvgIpc) is 3.54. The second kappa shape index (κ2) is 10.3. The molecular weight excluding hydrogens is 492 g/mol. The maximum Gasteiger partial charge on any atom is 0.250 e. The SMILES string of the molecule is CC(NC1CCc2cc(F)cc(F)c2C1)C(=O)Nc1cn(C(C)(C)C(=O)Nc2ccc3c(c2)COC3)cn1. The number of fused-ring (bicyclic) bond motifs is 2. The number of carbonyl (C=O) groups excluding carboxylic acids is 2. The molecule has 1 aromatic heterocycles. The van der Waals surface area contributed by atoms with Crippen LogP contribution in [0.3, 0.4) is 0 Å². The van der Waals surface area contributed by atoms with Crippen molar-refractivity contribution in [3.05, 3.63) is 76.7 Å². The van der Waals surface area contributed by atoms with Crippen LogP contribution in [-0.4, -0.2) is 33.4 Å². The van der Waals surface area contributed by atoms with Gasteiger partial charge in [-0.25, -0.2) is 13.8 Å². The van der Waals surface area contributed by atoms with Crippen molar-refractivity contribution in [3.8, 4) is 0 Å². The van der Waals surface area contributed by atoms with Crippen LogP contribution in [-0.2, 0) is 45.9 Å². The van der Waals surface area contributed by atoms with Crippen LogP contribution in [0.4, 0.5) is 20.3 Å². The van der Waals surface area contributed by atoms with E-state index in [2.05, 4.69) is 20.9 Å². The summed E-state index contributed by atoms with van der Waals surface area (Å²) in [6.07, 6.45) is 4.71. The Bertz CT molecular complexity index is 1390. The van der Waals surface area contributed by atoms with E-state index in [9.17, 15) is 18.4 Å². The topological polar surface area (TPSA) is 97.3 Å². The number of nitrogens with one attached hydrogen (secondary N) is 3. The van der Waals surface area contributed by atoms with E-state index in [0.29, 0.717) is 55.1 Å². The van der Waals surface area contributed by atoms with E-state index in [4.69, 9.17) is 4.74 Å². The third-order valence-electron chi connectivity index (χ3n) is 7.36. The van der Waals surface area contributed by atoms with Gasteiger partial charge in [0.2, 0.25) is 11.8 Å². The number of rotatable bonds is 7. The Labute approximate surface area is 219 Å². The van der Waals surface area contributed by atoms with Crippen LogP contribution < -0.4 is 16.0 Å². The van der Waals surface area contributed by atoms with Crippen molar-refractivity contribution in [2.45, 2.75) is 70.9 Å². The lowest BCUT2D eigenvalue weighted by molar-refractivity contribution is -0.123. The lowest BCUT2D eigenvalue weighted by Gasteiger charge is -2.28. The second-order valence-corrected chi connectivity index (χ2v) is 10.5. The van der Waals surface area contributed by atoms with Crippen LogP contribution in [0.5, 0.6) is 0 Å². The second-order valence-electron chi connectivity index (χ2n) is 10.5. The van der Waals surface area contributed by atoms with E-state index < -0.39 is 23.2 Å². The molecule has 5 rings (SSSR count). The number of aromatic nitrogens is 2. The highest BCUT2D eigenvalue weighted by atomic mass is 19.1. The Morgan fingerprint density at radius 3 is 2.71 bits per heavy atom. The zero-order valence-corrected chi connectivity index (χ0v) is 21.6. The van der Waals surface area contributed by atoms with E-state index in [-0.39, 0.29) is 17.9 Å². The quantitative estimate of drug-likeness (QED) is 0.434. The Morgan fingerprint density at radius 2 is 1.89 bits per heavy atom. The fourth-order valence-corrected chi connectivity index (χ4v) is 4.94. The molecule has 8 nitrogen and oxygen atoms in total. The highest BCUT2D eigenvalue weighted by Gasteiger charge is 2.31. The van der Waals surface area contributed by atoms with E-state index >= 15 is 0 Å². The van der Waals surface area contributed by atoms with Gasteiger partial charge < -0.3 is 25.3 Å². The third-order valence-corrected chi connectivity index (χ3v) is 7.36. The number of ether oxygens (including phenoxy) is 1. The molecule has 38 heavy (non-hydrogen) atoms. The molecule has 2 amide bonds. The van der Waals surface area contributed by atoms with E-state index in [1.807, 2.05) is 18.2 Å². The number of amides is 2. The molecule has 3 aromatic rings. The molecule has 2 heterocycles. The van der Waals surface area contributed by atoms with Crippen molar-refractivity contribution in [3.63, 3.8) is 0 Å². The number of imidazole rings is 1. The highest BCUT2D eigenvalue weighted by molar-refractivity contribution is 5.96. The van der Waals surface area contributed by atoms with Crippen LogP contribution in [0, 0.1) is 11.6 Å². The number of carbonyl (C=O) groups is 2. The van der Waals surface area contributed by atoms with Crippen molar-refractivity contribution >= 4 is 23.3 Å². The van der Waals surface area contributed by atoms with Gasteiger partial charge in [0.05, 0.1) is 25.6 Å². The van der Waals surface area contributed by atoms with Crippen molar-refractivity contribution in [2.75, 3.05) is 10.6 Å². The molecule has 0 saturated carbocycles. The van der Waals surface area contributed by atoms with Crippen LogP contribution >= 0.6 is 0 Å². The fraction of sp³-hybridized carbons (Fsp3) is 0.393.